The van der Waals surface area contributed by atoms with Crippen molar-refractivity contribution in [3.8, 4) is 0 Å². The van der Waals surface area contributed by atoms with Crippen LogP contribution in [0.15, 0.2) is 0 Å². The minimum absolute atomic E-state index is 0.0233. The van der Waals surface area contributed by atoms with Crippen molar-refractivity contribution in [2.45, 2.75) is 65.5 Å². The number of hydrogen-bond acceptors (Lipinski definition) is 3. The van der Waals surface area contributed by atoms with E-state index in [1.54, 1.807) is 4.90 Å². The van der Waals surface area contributed by atoms with Crippen LogP contribution in [0.5, 0.6) is 0 Å². The van der Waals surface area contributed by atoms with Crippen LogP contribution in [0.2, 0.25) is 0 Å². The average molecular weight is 284 g/mol. The summed E-state index contributed by atoms with van der Waals surface area (Å²) in [6.07, 6.45) is 2.07. The molecule has 20 heavy (non-hydrogen) atoms. The molecule has 0 aliphatic carbocycles. The number of carbonyl (C=O) groups excluding carboxylic acids is 2. The number of amides is 2. The van der Waals surface area contributed by atoms with E-state index in [9.17, 15) is 9.59 Å². The molecule has 0 bridgehead atoms. The molecule has 1 fully saturated rings. The van der Waals surface area contributed by atoms with E-state index >= 15 is 0 Å². The smallest absolute Gasteiger partial charge is 0.243 e. The normalized spacial score (nSPS) is 20.1. The lowest BCUT2D eigenvalue weighted by atomic mass is 9.94. The van der Waals surface area contributed by atoms with Crippen LogP contribution in [-0.4, -0.2) is 46.6 Å². The van der Waals surface area contributed by atoms with Crippen LogP contribution in [0.3, 0.4) is 0 Å². The molecule has 116 valence electrons. The first kappa shape index (κ1) is 17.0. The summed E-state index contributed by atoms with van der Waals surface area (Å²) in [5.41, 5.74) is -0.922. The fourth-order valence-electron chi connectivity index (χ4n) is 2.47. The summed E-state index contributed by atoms with van der Waals surface area (Å²) >= 11 is 0. The van der Waals surface area contributed by atoms with Crippen LogP contribution in [0, 0.1) is 5.41 Å². The molecule has 1 rings (SSSR count). The number of aliphatic hydroxyl groups is 1. The van der Waals surface area contributed by atoms with Gasteiger partial charge >= 0.3 is 0 Å². The summed E-state index contributed by atoms with van der Waals surface area (Å²) in [5.74, 6) is -0.0892. The average Bonchev–Trinajstić information content (AvgIpc) is 2.74. The van der Waals surface area contributed by atoms with Gasteiger partial charge in [0.25, 0.3) is 0 Å². The molecule has 1 atom stereocenters. The molecule has 0 aromatic rings. The van der Waals surface area contributed by atoms with Gasteiger partial charge in [0.05, 0.1) is 0 Å². The van der Waals surface area contributed by atoms with Crippen molar-refractivity contribution in [3.63, 3.8) is 0 Å². The predicted molar refractivity (Wildman–Crippen MR) is 78.1 cm³/mol. The molecular weight excluding hydrogens is 256 g/mol. The number of carbonyl (C=O) groups is 2. The minimum Gasteiger partial charge on any atom is -0.396 e. The highest BCUT2D eigenvalue weighted by atomic mass is 16.3. The Kier molecular flexibility index (Phi) is 5.19. The van der Waals surface area contributed by atoms with Crippen LogP contribution >= 0.6 is 0 Å². The monoisotopic (exact) mass is 284 g/mol. The maximum Gasteiger partial charge on any atom is 0.243 e. The third kappa shape index (κ3) is 4.20. The van der Waals surface area contributed by atoms with Crippen LogP contribution in [0.4, 0.5) is 0 Å². The second-order valence-corrected chi connectivity index (χ2v) is 7.25. The number of nitrogens with zero attached hydrogens (tertiary/aromatic N) is 1. The van der Waals surface area contributed by atoms with Crippen LogP contribution in [0.25, 0.3) is 0 Å². The molecule has 5 heteroatoms. The van der Waals surface area contributed by atoms with Crippen LogP contribution in [0.1, 0.15) is 53.9 Å². The molecule has 1 aliphatic rings. The predicted octanol–water partition coefficient (Wildman–Crippen LogP) is 1.30. The van der Waals surface area contributed by atoms with E-state index < -0.39 is 11.0 Å². The molecular formula is C15H28N2O3. The van der Waals surface area contributed by atoms with Gasteiger partial charge in [-0.25, -0.2) is 0 Å². The van der Waals surface area contributed by atoms with E-state index in [1.807, 2.05) is 34.6 Å². The first-order valence-electron chi connectivity index (χ1n) is 7.32. The largest absolute Gasteiger partial charge is 0.396 e. The Hall–Kier alpha value is -1.10. The summed E-state index contributed by atoms with van der Waals surface area (Å²) < 4.78 is 0. The van der Waals surface area contributed by atoms with Gasteiger partial charge < -0.3 is 15.3 Å². The highest BCUT2D eigenvalue weighted by Gasteiger charge is 2.39. The Morgan fingerprint density at radius 3 is 2.35 bits per heavy atom. The number of rotatable bonds is 4. The van der Waals surface area contributed by atoms with Gasteiger partial charge in [0.1, 0.15) is 6.04 Å². The van der Waals surface area contributed by atoms with Crippen molar-refractivity contribution in [1.82, 2.24) is 10.2 Å². The third-order valence-electron chi connectivity index (χ3n) is 3.66. The Balaban J connectivity index is 2.75. The molecule has 1 unspecified atom stereocenters. The maximum absolute atomic E-state index is 12.4. The van der Waals surface area contributed by atoms with E-state index in [2.05, 4.69) is 5.32 Å². The van der Waals surface area contributed by atoms with E-state index in [0.717, 1.165) is 6.42 Å². The van der Waals surface area contributed by atoms with Crippen molar-refractivity contribution >= 4 is 11.8 Å². The van der Waals surface area contributed by atoms with E-state index in [0.29, 0.717) is 19.4 Å². The first-order valence-corrected chi connectivity index (χ1v) is 7.32. The van der Waals surface area contributed by atoms with Crippen molar-refractivity contribution in [3.05, 3.63) is 0 Å². The lowest BCUT2D eigenvalue weighted by Crippen LogP contribution is -2.54. The second-order valence-electron chi connectivity index (χ2n) is 7.25. The third-order valence-corrected chi connectivity index (χ3v) is 3.66. The quantitative estimate of drug-likeness (QED) is 0.817. The van der Waals surface area contributed by atoms with Gasteiger partial charge in [-0.15, -0.1) is 0 Å². The Morgan fingerprint density at radius 2 is 1.85 bits per heavy atom. The maximum atomic E-state index is 12.4. The lowest BCUT2D eigenvalue weighted by Gasteiger charge is -2.33. The highest BCUT2D eigenvalue weighted by molar-refractivity contribution is 5.90. The number of likely N-dealkylation sites (tertiary alicyclic amines) is 1. The number of nitrogens with one attached hydrogen (secondary N) is 1. The number of aliphatic hydroxyl groups excluding tert-OH is 1. The molecule has 0 spiro atoms. The zero-order chi connectivity index (χ0) is 15.6. The molecule has 2 N–H and O–H groups in total. The number of hydrogen-bond donors (Lipinski definition) is 2. The topological polar surface area (TPSA) is 69.6 Å². The van der Waals surface area contributed by atoms with Crippen LogP contribution in [-0.2, 0) is 9.59 Å². The lowest BCUT2D eigenvalue weighted by molar-refractivity contribution is -0.145. The Morgan fingerprint density at radius 1 is 1.25 bits per heavy atom. The van der Waals surface area contributed by atoms with Gasteiger partial charge in [-0.3, -0.25) is 9.59 Å². The molecule has 0 aromatic heterocycles. The van der Waals surface area contributed by atoms with Gasteiger partial charge in [0, 0.05) is 24.1 Å². The summed E-state index contributed by atoms with van der Waals surface area (Å²) in [5, 5.41) is 12.0. The Labute approximate surface area is 121 Å². The minimum atomic E-state index is -0.469. The zero-order valence-electron chi connectivity index (χ0n) is 13.3. The molecule has 5 nitrogen and oxygen atoms in total. The van der Waals surface area contributed by atoms with Gasteiger partial charge in [0.2, 0.25) is 11.8 Å². The first-order chi connectivity index (χ1) is 9.08. The molecule has 2 amide bonds. The van der Waals surface area contributed by atoms with Gasteiger partial charge in [-0.2, -0.15) is 0 Å². The van der Waals surface area contributed by atoms with Gasteiger partial charge in [-0.1, -0.05) is 20.8 Å². The standard InChI is InChI=1S/C15H28N2O3/c1-14(2,3)13(20)17-9-6-7-11(17)12(19)16-15(4,5)8-10-18/h11,18H,6-10H2,1-5H3,(H,16,19). The summed E-state index contributed by atoms with van der Waals surface area (Å²) in [7, 11) is 0. The molecule has 1 heterocycles. The zero-order valence-corrected chi connectivity index (χ0v) is 13.3. The van der Waals surface area contributed by atoms with E-state index in [-0.39, 0.29) is 24.5 Å². The van der Waals surface area contributed by atoms with Crippen LogP contribution < -0.4 is 5.32 Å². The fraction of sp³-hybridized carbons (Fsp3) is 0.867. The van der Waals surface area contributed by atoms with Crippen molar-refractivity contribution in [1.29, 1.82) is 0 Å². The van der Waals surface area contributed by atoms with E-state index in [1.165, 1.54) is 0 Å². The summed E-state index contributed by atoms with van der Waals surface area (Å²) in [4.78, 5) is 26.5. The molecule has 1 aliphatic heterocycles. The summed E-state index contributed by atoms with van der Waals surface area (Å²) in [6.45, 7) is 10.1. The van der Waals surface area contributed by atoms with Crippen molar-refractivity contribution < 1.29 is 14.7 Å². The molecule has 0 aromatic carbocycles. The molecule has 0 radical (unpaired) electrons. The fourth-order valence-corrected chi connectivity index (χ4v) is 2.47. The molecule has 1 saturated heterocycles. The SMILES string of the molecule is CC(C)(CCO)NC(=O)C1CCCN1C(=O)C(C)(C)C. The second kappa shape index (κ2) is 6.12. The molecule has 0 saturated carbocycles. The van der Waals surface area contributed by atoms with Crippen molar-refractivity contribution in [2.24, 2.45) is 5.41 Å². The van der Waals surface area contributed by atoms with E-state index in [4.69, 9.17) is 5.11 Å². The van der Waals surface area contributed by atoms with Gasteiger partial charge in [-0.05, 0) is 33.1 Å². The van der Waals surface area contributed by atoms with Gasteiger partial charge in [0.15, 0.2) is 0 Å². The highest BCUT2D eigenvalue weighted by Crippen LogP contribution is 2.26. The summed E-state index contributed by atoms with van der Waals surface area (Å²) in [6, 6.07) is -0.375. The van der Waals surface area contributed by atoms with Crippen molar-refractivity contribution in [2.75, 3.05) is 13.2 Å². The Bertz CT molecular complexity index is 372.